The molecular weight excluding hydrogens is 466 g/mol. The minimum atomic E-state index is -0.209. The fourth-order valence-corrected chi connectivity index (χ4v) is 3.47. The summed E-state index contributed by atoms with van der Waals surface area (Å²) in [5, 5.41) is 5.60. The molecule has 0 bridgehead atoms. The predicted octanol–water partition coefficient (Wildman–Crippen LogP) is 6.39. The molecule has 0 saturated heterocycles. The van der Waals surface area contributed by atoms with Crippen LogP contribution in [0.4, 0.5) is 0 Å². The summed E-state index contributed by atoms with van der Waals surface area (Å²) in [7, 11) is 0. The van der Waals surface area contributed by atoms with Crippen LogP contribution < -0.4 is 10.3 Å². The summed E-state index contributed by atoms with van der Waals surface area (Å²) in [6, 6.07) is 10.9. The van der Waals surface area contributed by atoms with Gasteiger partial charge < -0.3 is 4.74 Å². The molecule has 0 saturated carbocycles. The first kappa shape index (κ1) is 22.5. The number of ether oxygens (including phenoxy) is 1. The number of aromatic nitrogens is 2. The molecule has 0 spiro atoms. The molecule has 30 heavy (non-hydrogen) atoms. The SMILES string of the molecule is CC[C@@H](C)Oc1ccc(Cl)cc1C=Nn1c([C@@H](C)CC)nc2ccc(Br)cc2c1=O. The first-order valence-corrected chi connectivity index (χ1v) is 11.2. The number of rotatable bonds is 7. The van der Waals surface area contributed by atoms with Crippen molar-refractivity contribution < 1.29 is 4.74 Å². The maximum absolute atomic E-state index is 13.3. The number of halogens is 2. The highest BCUT2D eigenvalue weighted by Gasteiger charge is 2.16. The number of fused-ring (bicyclic) bond motifs is 1. The maximum atomic E-state index is 13.3. The molecule has 0 fully saturated rings. The van der Waals surface area contributed by atoms with Crippen molar-refractivity contribution in [3.63, 3.8) is 0 Å². The summed E-state index contributed by atoms with van der Waals surface area (Å²) in [5.74, 6) is 1.37. The fourth-order valence-electron chi connectivity index (χ4n) is 2.93. The number of hydrogen-bond donors (Lipinski definition) is 0. The van der Waals surface area contributed by atoms with Crippen molar-refractivity contribution in [3.8, 4) is 5.75 Å². The highest BCUT2D eigenvalue weighted by Crippen LogP contribution is 2.24. The van der Waals surface area contributed by atoms with E-state index in [1.807, 2.05) is 32.0 Å². The third kappa shape index (κ3) is 4.93. The zero-order chi connectivity index (χ0) is 21.8. The van der Waals surface area contributed by atoms with Crippen LogP contribution in [0.1, 0.15) is 57.8 Å². The van der Waals surface area contributed by atoms with Gasteiger partial charge in [-0.1, -0.05) is 48.3 Å². The van der Waals surface area contributed by atoms with Crippen LogP contribution in [0.15, 0.2) is 50.8 Å². The lowest BCUT2D eigenvalue weighted by Gasteiger charge is -2.16. The third-order valence-electron chi connectivity index (χ3n) is 5.07. The van der Waals surface area contributed by atoms with Gasteiger partial charge >= 0.3 is 0 Å². The quantitative estimate of drug-likeness (QED) is 0.361. The van der Waals surface area contributed by atoms with Crippen molar-refractivity contribution in [2.45, 2.75) is 52.6 Å². The van der Waals surface area contributed by atoms with E-state index in [0.29, 0.717) is 33.1 Å². The molecule has 0 aliphatic carbocycles. The minimum absolute atomic E-state index is 0.0522. The van der Waals surface area contributed by atoms with Crippen LogP contribution in [0, 0.1) is 0 Å². The van der Waals surface area contributed by atoms with Crippen LogP contribution in [0.5, 0.6) is 5.75 Å². The van der Waals surface area contributed by atoms with Gasteiger partial charge in [0, 0.05) is 21.0 Å². The molecular formula is C23H25BrClN3O2. The molecule has 2 atom stereocenters. The molecule has 0 N–H and O–H groups in total. The van der Waals surface area contributed by atoms with Gasteiger partial charge in [-0.2, -0.15) is 9.78 Å². The van der Waals surface area contributed by atoms with E-state index >= 15 is 0 Å². The number of nitrogens with zero attached hydrogens (tertiary/aromatic N) is 3. The molecule has 158 valence electrons. The second-order valence-corrected chi connectivity index (χ2v) is 8.67. The van der Waals surface area contributed by atoms with Crippen molar-refractivity contribution in [1.29, 1.82) is 0 Å². The Balaban J connectivity index is 2.15. The second kappa shape index (κ2) is 9.75. The number of hydrogen-bond acceptors (Lipinski definition) is 4. The van der Waals surface area contributed by atoms with Crippen LogP contribution in [-0.4, -0.2) is 22.0 Å². The lowest BCUT2D eigenvalue weighted by atomic mass is 10.1. The molecule has 2 aromatic carbocycles. The van der Waals surface area contributed by atoms with Gasteiger partial charge in [0.05, 0.1) is 23.2 Å². The highest BCUT2D eigenvalue weighted by molar-refractivity contribution is 9.10. The molecule has 0 amide bonds. The molecule has 7 heteroatoms. The van der Waals surface area contributed by atoms with Crippen LogP contribution in [0.25, 0.3) is 10.9 Å². The van der Waals surface area contributed by atoms with Gasteiger partial charge in [-0.05, 0) is 56.2 Å². The lowest BCUT2D eigenvalue weighted by molar-refractivity contribution is 0.217. The van der Waals surface area contributed by atoms with Gasteiger partial charge in [-0.25, -0.2) is 4.98 Å². The standard InChI is InChI=1S/C23H25BrClN3O2/c1-5-14(3)22-27-20-9-7-17(24)12-19(20)23(29)28(22)26-13-16-11-18(25)8-10-21(16)30-15(4)6-2/h7-15H,5-6H2,1-4H3/t14-,15+/m0/s1. The van der Waals surface area contributed by atoms with Crippen molar-refractivity contribution >= 4 is 44.6 Å². The second-order valence-electron chi connectivity index (χ2n) is 7.32. The monoisotopic (exact) mass is 489 g/mol. The third-order valence-corrected chi connectivity index (χ3v) is 5.80. The summed E-state index contributed by atoms with van der Waals surface area (Å²) in [6.45, 7) is 8.17. The Morgan fingerprint density at radius 1 is 1.20 bits per heavy atom. The van der Waals surface area contributed by atoms with Crippen molar-refractivity contribution in [2.24, 2.45) is 5.10 Å². The van der Waals surface area contributed by atoms with Gasteiger partial charge in [-0.3, -0.25) is 4.79 Å². The van der Waals surface area contributed by atoms with E-state index in [9.17, 15) is 4.79 Å². The normalized spacial score (nSPS) is 13.7. The highest BCUT2D eigenvalue weighted by atomic mass is 79.9. The Morgan fingerprint density at radius 3 is 2.67 bits per heavy atom. The Bertz CT molecular complexity index is 1140. The average Bonchev–Trinajstić information content (AvgIpc) is 2.74. The van der Waals surface area contributed by atoms with Gasteiger partial charge in [0.2, 0.25) is 0 Å². The largest absolute Gasteiger partial charge is 0.490 e. The zero-order valence-corrected chi connectivity index (χ0v) is 19.9. The van der Waals surface area contributed by atoms with E-state index in [2.05, 4.69) is 34.9 Å². The molecule has 3 rings (SSSR count). The zero-order valence-electron chi connectivity index (χ0n) is 17.5. The van der Waals surface area contributed by atoms with E-state index in [-0.39, 0.29) is 17.6 Å². The fraction of sp³-hybridized carbons (Fsp3) is 0.348. The van der Waals surface area contributed by atoms with E-state index in [1.165, 1.54) is 4.68 Å². The molecule has 3 aromatic rings. The van der Waals surface area contributed by atoms with Gasteiger partial charge in [0.25, 0.3) is 5.56 Å². The maximum Gasteiger partial charge on any atom is 0.282 e. The Labute approximate surface area is 189 Å². The van der Waals surface area contributed by atoms with E-state index in [4.69, 9.17) is 21.3 Å². The Morgan fingerprint density at radius 2 is 1.97 bits per heavy atom. The topological polar surface area (TPSA) is 56.5 Å². The lowest BCUT2D eigenvalue weighted by Crippen LogP contribution is -2.23. The number of benzene rings is 2. The van der Waals surface area contributed by atoms with Crippen LogP contribution >= 0.6 is 27.5 Å². The molecule has 0 radical (unpaired) electrons. The summed E-state index contributed by atoms with van der Waals surface area (Å²) in [6.07, 6.45) is 3.38. The predicted molar refractivity (Wildman–Crippen MR) is 127 cm³/mol. The van der Waals surface area contributed by atoms with Crippen molar-refractivity contribution in [1.82, 2.24) is 9.66 Å². The molecule has 1 heterocycles. The van der Waals surface area contributed by atoms with Crippen molar-refractivity contribution in [3.05, 3.63) is 67.6 Å². The van der Waals surface area contributed by atoms with Gasteiger partial charge in [-0.15, -0.1) is 0 Å². The minimum Gasteiger partial charge on any atom is -0.490 e. The Kier molecular flexibility index (Phi) is 7.32. The smallest absolute Gasteiger partial charge is 0.282 e. The summed E-state index contributed by atoms with van der Waals surface area (Å²) in [4.78, 5) is 18.0. The van der Waals surface area contributed by atoms with Crippen molar-refractivity contribution in [2.75, 3.05) is 0 Å². The van der Waals surface area contributed by atoms with Gasteiger partial charge in [0.1, 0.15) is 11.6 Å². The van der Waals surface area contributed by atoms with Gasteiger partial charge in [0.15, 0.2) is 0 Å². The molecule has 5 nitrogen and oxygen atoms in total. The molecule has 0 aliphatic rings. The van der Waals surface area contributed by atoms with E-state index < -0.39 is 0 Å². The molecule has 0 aliphatic heterocycles. The summed E-state index contributed by atoms with van der Waals surface area (Å²) >= 11 is 9.63. The summed E-state index contributed by atoms with van der Waals surface area (Å²) < 4.78 is 8.20. The summed E-state index contributed by atoms with van der Waals surface area (Å²) in [5.41, 5.74) is 1.16. The van der Waals surface area contributed by atoms with E-state index in [1.54, 1.807) is 24.4 Å². The van der Waals surface area contributed by atoms with Crippen LogP contribution in [0.2, 0.25) is 5.02 Å². The average molecular weight is 491 g/mol. The van der Waals surface area contributed by atoms with Crippen LogP contribution in [-0.2, 0) is 0 Å². The molecule has 1 aromatic heterocycles. The Hall–Kier alpha value is -2.18. The van der Waals surface area contributed by atoms with E-state index in [0.717, 1.165) is 17.3 Å². The van der Waals surface area contributed by atoms with Crippen LogP contribution in [0.3, 0.4) is 0 Å². The first-order valence-electron chi connectivity index (χ1n) is 10.1. The first-order chi connectivity index (χ1) is 14.3. The molecule has 0 unspecified atom stereocenters.